The molecule has 0 fully saturated rings. The van der Waals surface area contributed by atoms with Crippen LogP contribution in [0, 0.1) is 5.92 Å². The fourth-order valence-electron chi connectivity index (χ4n) is 1.40. The number of rotatable bonds is 6. The van der Waals surface area contributed by atoms with Crippen molar-refractivity contribution < 1.29 is 4.74 Å². The number of hydrogen-bond donors (Lipinski definition) is 1. The summed E-state index contributed by atoms with van der Waals surface area (Å²) < 4.78 is 6.73. The van der Waals surface area contributed by atoms with Gasteiger partial charge in [0, 0.05) is 11.0 Å². The number of ether oxygens (including phenoxy) is 1. The van der Waals surface area contributed by atoms with Crippen molar-refractivity contribution in [3.05, 3.63) is 27.7 Å². The third-order valence-corrected chi connectivity index (χ3v) is 3.00. The Bertz CT molecular complexity index is 357. The second-order valence-corrected chi connectivity index (χ2v) is 5.88. The van der Waals surface area contributed by atoms with Crippen LogP contribution < -0.4 is 10.1 Å². The fourth-order valence-corrected chi connectivity index (χ4v) is 2.12. The number of nitrogens with one attached hydrogen (secondary N) is 1. The molecule has 0 bridgehead atoms. The molecule has 1 aromatic rings. The summed E-state index contributed by atoms with van der Waals surface area (Å²) in [4.78, 5) is 0. The van der Waals surface area contributed by atoms with E-state index in [0.29, 0.717) is 10.9 Å². The molecule has 0 aromatic heterocycles. The number of halogens is 2. The van der Waals surface area contributed by atoms with Gasteiger partial charge in [0.05, 0.1) is 5.02 Å². The first-order valence-electron chi connectivity index (χ1n) is 5.81. The minimum absolute atomic E-state index is 0.104. The van der Waals surface area contributed by atoms with Crippen LogP contribution in [-0.2, 0) is 0 Å². The highest BCUT2D eigenvalue weighted by molar-refractivity contribution is 9.10. The van der Waals surface area contributed by atoms with Gasteiger partial charge >= 0.3 is 0 Å². The van der Waals surface area contributed by atoms with Gasteiger partial charge < -0.3 is 10.1 Å². The third kappa shape index (κ3) is 5.75. The predicted octanol–water partition coefficient (Wildman–Crippen LogP) is 4.12. The first kappa shape index (κ1) is 14.8. The Morgan fingerprint density at radius 2 is 2.00 bits per heavy atom. The van der Waals surface area contributed by atoms with Gasteiger partial charge in [-0.05, 0) is 37.6 Å². The summed E-state index contributed by atoms with van der Waals surface area (Å²) in [7, 11) is 0. The maximum Gasteiger partial charge on any atom is 0.138 e. The molecule has 0 aliphatic heterocycles. The maximum absolute atomic E-state index is 6.08. The van der Waals surface area contributed by atoms with Crippen molar-refractivity contribution >= 4 is 27.5 Å². The minimum Gasteiger partial charge on any atom is -0.488 e. The second kappa shape index (κ2) is 7.24. The zero-order valence-electron chi connectivity index (χ0n) is 10.5. The molecule has 0 saturated carbocycles. The van der Waals surface area contributed by atoms with E-state index >= 15 is 0 Å². The second-order valence-electron chi connectivity index (χ2n) is 4.56. The van der Waals surface area contributed by atoms with Crippen LogP contribution in [0.1, 0.15) is 20.8 Å². The molecule has 0 aliphatic rings. The lowest BCUT2D eigenvalue weighted by molar-refractivity contribution is 0.215. The molecule has 1 atom stereocenters. The minimum atomic E-state index is 0.104. The quantitative estimate of drug-likeness (QED) is 0.851. The van der Waals surface area contributed by atoms with Gasteiger partial charge in [-0.1, -0.05) is 41.4 Å². The van der Waals surface area contributed by atoms with Gasteiger partial charge in [0.25, 0.3) is 0 Å². The molecular formula is C13H19BrClNO. The van der Waals surface area contributed by atoms with Crippen LogP contribution in [0.4, 0.5) is 0 Å². The van der Waals surface area contributed by atoms with E-state index in [4.69, 9.17) is 16.3 Å². The monoisotopic (exact) mass is 319 g/mol. The fraction of sp³-hybridized carbons (Fsp3) is 0.538. The van der Waals surface area contributed by atoms with Crippen LogP contribution in [-0.4, -0.2) is 19.2 Å². The smallest absolute Gasteiger partial charge is 0.138 e. The van der Waals surface area contributed by atoms with Crippen molar-refractivity contribution in [2.24, 2.45) is 5.92 Å². The maximum atomic E-state index is 6.08. The largest absolute Gasteiger partial charge is 0.488 e. The topological polar surface area (TPSA) is 21.3 Å². The lowest BCUT2D eigenvalue weighted by Gasteiger charge is -2.17. The van der Waals surface area contributed by atoms with E-state index in [-0.39, 0.29) is 6.10 Å². The third-order valence-electron chi connectivity index (χ3n) is 2.21. The summed E-state index contributed by atoms with van der Waals surface area (Å²) in [6, 6.07) is 5.64. The first-order chi connectivity index (χ1) is 7.99. The van der Waals surface area contributed by atoms with Gasteiger partial charge in [-0.2, -0.15) is 0 Å². The molecular weight excluding hydrogens is 302 g/mol. The van der Waals surface area contributed by atoms with E-state index in [9.17, 15) is 0 Å². The van der Waals surface area contributed by atoms with E-state index in [0.717, 1.165) is 23.3 Å². The van der Waals surface area contributed by atoms with Crippen LogP contribution in [0.25, 0.3) is 0 Å². The van der Waals surface area contributed by atoms with Gasteiger partial charge in [0.1, 0.15) is 11.9 Å². The molecule has 0 aliphatic carbocycles. The zero-order valence-corrected chi connectivity index (χ0v) is 12.8. The normalized spacial score (nSPS) is 12.8. The summed E-state index contributed by atoms with van der Waals surface area (Å²) in [5.41, 5.74) is 0. The molecule has 0 spiro atoms. The molecule has 0 heterocycles. The predicted molar refractivity (Wildman–Crippen MR) is 76.9 cm³/mol. The molecule has 0 radical (unpaired) electrons. The van der Waals surface area contributed by atoms with Crippen LogP contribution in [0.2, 0.25) is 5.02 Å². The van der Waals surface area contributed by atoms with Crippen LogP contribution >= 0.6 is 27.5 Å². The molecule has 1 unspecified atom stereocenters. The SMILES string of the molecule is CC(C)CNCC(C)Oc1ccc(Br)cc1Cl. The van der Waals surface area contributed by atoms with E-state index in [2.05, 4.69) is 35.1 Å². The van der Waals surface area contributed by atoms with Gasteiger partial charge in [-0.3, -0.25) is 0 Å². The Labute approximate surface area is 117 Å². The lowest BCUT2D eigenvalue weighted by Crippen LogP contribution is -2.31. The Morgan fingerprint density at radius 1 is 1.29 bits per heavy atom. The molecule has 1 aromatic carbocycles. The Hall–Kier alpha value is -0.250. The van der Waals surface area contributed by atoms with Crippen molar-refractivity contribution in [3.8, 4) is 5.75 Å². The lowest BCUT2D eigenvalue weighted by atomic mass is 10.2. The molecule has 1 N–H and O–H groups in total. The van der Waals surface area contributed by atoms with Gasteiger partial charge in [0.15, 0.2) is 0 Å². The van der Waals surface area contributed by atoms with Crippen LogP contribution in [0.15, 0.2) is 22.7 Å². The molecule has 17 heavy (non-hydrogen) atoms. The highest BCUT2D eigenvalue weighted by atomic mass is 79.9. The average Bonchev–Trinajstić information content (AvgIpc) is 2.21. The number of benzene rings is 1. The molecule has 2 nitrogen and oxygen atoms in total. The highest BCUT2D eigenvalue weighted by Gasteiger charge is 2.07. The summed E-state index contributed by atoms with van der Waals surface area (Å²) >= 11 is 9.45. The first-order valence-corrected chi connectivity index (χ1v) is 6.98. The van der Waals surface area contributed by atoms with Crippen LogP contribution in [0.3, 0.4) is 0 Å². The molecule has 0 saturated heterocycles. The van der Waals surface area contributed by atoms with Crippen LogP contribution in [0.5, 0.6) is 5.75 Å². The molecule has 96 valence electrons. The zero-order chi connectivity index (χ0) is 12.8. The average molecular weight is 321 g/mol. The summed E-state index contributed by atoms with van der Waals surface area (Å²) in [5, 5.41) is 3.99. The molecule has 4 heteroatoms. The van der Waals surface area contributed by atoms with E-state index in [1.807, 2.05) is 25.1 Å². The van der Waals surface area contributed by atoms with Crippen molar-refractivity contribution in [1.29, 1.82) is 0 Å². The van der Waals surface area contributed by atoms with Gasteiger partial charge in [0.2, 0.25) is 0 Å². The van der Waals surface area contributed by atoms with E-state index in [1.165, 1.54) is 0 Å². The summed E-state index contributed by atoms with van der Waals surface area (Å²) in [6.45, 7) is 8.23. The Balaban J connectivity index is 2.42. The summed E-state index contributed by atoms with van der Waals surface area (Å²) in [5.74, 6) is 1.38. The Morgan fingerprint density at radius 3 is 2.59 bits per heavy atom. The molecule has 0 amide bonds. The van der Waals surface area contributed by atoms with E-state index < -0.39 is 0 Å². The van der Waals surface area contributed by atoms with Gasteiger partial charge in [-0.25, -0.2) is 0 Å². The summed E-state index contributed by atoms with van der Waals surface area (Å²) in [6.07, 6.45) is 0.104. The van der Waals surface area contributed by atoms with Crippen molar-refractivity contribution in [1.82, 2.24) is 5.32 Å². The standard InChI is InChI=1S/C13H19BrClNO/c1-9(2)7-16-8-10(3)17-13-5-4-11(14)6-12(13)15/h4-6,9-10,16H,7-8H2,1-3H3. The van der Waals surface area contributed by atoms with E-state index in [1.54, 1.807) is 0 Å². The molecule has 1 rings (SSSR count). The Kier molecular flexibility index (Phi) is 6.31. The van der Waals surface area contributed by atoms with Crippen molar-refractivity contribution in [2.75, 3.05) is 13.1 Å². The van der Waals surface area contributed by atoms with Crippen molar-refractivity contribution in [3.63, 3.8) is 0 Å². The van der Waals surface area contributed by atoms with Gasteiger partial charge in [-0.15, -0.1) is 0 Å². The van der Waals surface area contributed by atoms with Crippen molar-refractivity contribution in [2.45, 2.75) is 26.9 Å². The number of hydrogen-bond acceptors (Lipinski definition) is 2. The highest BCUT2D eigenvalue weighted by Crippen LogP contribution is 2.28.